The lowest BCUT2D eigenvalue weighted by molar-refractivity contribution is -0.132. The summed E-state index contributed by atoms with van der Waals surface area (Å²) in [6.45, 7) is 0.489. The highest BCUT2D eigenvalue weighted by Crippen LogP contribution is 2.20. The van der Waals surface area contributed by atoms with Crippen LogP contribution in [0.5, 0.6) is 5.75 Å². The molecule has 0 bridgehead atoms. The highest BCUT2D eigenvalue weighted by atomic mass is 16.5. The van der Waals surface area contributed by atoms with E-state index in [9.17, 15) is 4.79 Å². The van der Waals surface area contributed by atoms with E-state index in [0.29, 0.717) is 12.3 Å². The molecule has 0 unspecified atom stereocenters. The average molecular weight is 309 g/mol. The lowest BCUT2D eigenvalue weighted by Gasteiger charge is -2.16. The second-order valence-corrected chi connectivity index (χ2v) is 5.53. The average Bonchev–Trinajstić information content (AvgIpc) is 2.97. The van der Waals surface area contributed by atoms with Gasteiger partial charge in [-0.2, -0.15) is 5.10 Å². The van der Waals surface area contributed by atoms with Crippen molar-refractivity contribution in [1.82, 2.24) is 14.7 Å². The Bertz CT molecular complexity index is 826. The van der Waals surface area contributed by atoms with Gasteiger partial charge in [-0.25, -0.2) is 0 Å². The van der Waals surface area contributed by atoms with Crippen LogP contribution >= 0.6 is 0 Å². The molecular formula is C18H19N3O2. The van der Waals surface area contributed by atoms with Gasteiger partial charge in [0.05, 0.1) is 12.2 Å². The van der Waals surface area contributed by atoms with Crippen molar-refractivity contribution in [3.05, 3.63) is 60.4 Å². The molecule has 3 rings (SSSR count). The summed E-state index contributed by atoms with van der Waals surface area (Å²) in [6, 6.07) is 15.8. The summed E-state index contributed by atoms with van der Waals surface area (Å²) in [5.41, 5.74) is 0.856. The molecule has 1 amide bonds. The zero-order valence-electron chi connectivity index (χ0n) is 13.3. The lowest BCUT2D eigenvalue weighted by Crippen LogP contribution is -2.31. The minimum Gasteiger partial charge on any atom is -0.484 e. The molecule has 1 heterocycles. The van der Waals surface area contributed by atoms with Crippen LogP contribution in [0.1, 0.15) is 5.69 Å². The number of rotatable bonds is 5. The molecular weight excluding hydrogens is 290 g/mol. The predicted octanol–water partition coefficient (Wildman–Crippen LogP) is 2.61. The highest BCUT2D eigenvalue weighted by molar-refractivity contribution is 5.84. The van der Waals surface area contributed by atoms with Crippen molar-refractivity contribution in [2.24, 2.45) is 7.05 Å². The molecule has 0 radical (unpaired) electrons. The number of nitrogens with zero attached hydrogens (tertiary/aromatic N) is 3. The van der Waals surface area contributed by atoms with Gasteiger partial charge in [0.25, 0.3) is 5.91 Å². The van der Waals surface area contributed by atoms with Crippen LogP contribution in [0.4, 0.5) is 0 Å². The largest absolute Gasteiger partial charge is 0.484 e. The van der Waals surface area contributed by atoms with Gasteiger partial charge in [-0.1, -0.05) is 30.3 Å². The van der Waals surface area contributed by atoms with Crippen LogP contribution in [-0.2, 0) is 18.4 Å². The Morgan fingerprint density at radius 3 is 2.70 bits per heavy atom. The maximum atomic E-state index is 12.2. The molecule has 0 saturated heterocycles. The Kier molecular flexibility index (Phi) is 4.28. The molecule has 3 aromatic rings. The fraction of sp³-hybridized carbons (Fsp3) is 0.222. The maximum Gasteiger partial charge on any atom is 0.260 e. The van der Waals surface area contributed by atoms with E-state index >= 15 is 0 Å². The molecule has 0 fully saturated rings. The van der Waals surface area contributed by atoms with E-state index in [-0.39, 0.29) is 12.5 Å². The Balaban J connectivity index is 1.58. The Labute approximate surface area is 135 Å². The quantitative estimate of drug-likeness (QED) is 0.728. The third kappa shape index (κ3) is 3.69. The second kappa shape index (κ2) is 6.52. The third-order valence-corrected chi connectivity index (χ3v) is 3.68. The summed E-state index contributed by atoms with van der Waals surface area (Å²) in [5, 5.41) is 6.52. The van der Waals surface area contributed by atoms with Gasteiger partial charge in [-0.3, -0.25) is 9.48 Å². The van der Waals surface area contributed by atoms with E-state index in [1.807, 2.05) is 61.8 Å². The first-order chi connectivity index (χ1) is 11.1. The number of benzene rings is 2. The lowest BCUT2D eigenvalue weighted by atomic mass is 10.1. The van der Waals surface area contributed by atoms with Crippen molar-refractivity contribution in [3.8, 4) is 5.75 Å². The number of aryl methyl sites for hydroxylation is 1. The molecule has 0 atom stereocenters. The number of carbonyl (C=O) groups excluding carboxylic acids is 1. The topological polar surface area (TPSA) is 47.4 Å². The fourth-order valence-electron chi connectivity index (χ4n) is 2.39. The Morgan fingerprint density at radius 1 is 1.17 bits per heavy atom. The van der Waals surface area contributed by atoms with Gasteiger partial charge in [0.15, 0.2) is 6.61 Å². The van der Waals surface area contributed by atoms with E-state index in [1.54, 1.807) is 16.6 Å². The number of ether oxygens (including phenoxy) is 1. The number of amides is 1. The first-order valence-electron chi connectivity index (χ1n) is 7.46. The molecule has 5 nitrogen and oxygen atoms in total. The number of aromatic nitrogens is 2. The van der Waals surface area contributed by atoms with Crippen molar-refractivity contribution >= 4 is 16.7 Å². The normalized spacial score (nSPS) is 10.7. The summed E-state index contributed by atoms with van der Waals surface area (Å²) < 4.78 is 7.34. The first-order valence-corrected chi connectivity index (χ1v) is 7.46. The number of fused-ring (bicyclic) bond motifs is 1. The third-order valence-electron chi connectivity index (χ3n) is 3.68. The summed E-state index contributed by atoms with van der Waals surface area (Å²) in [4.78, 5) is 13.8. The van der Waals surface area contributed by atoms with Crippen LogP contribution in [0.2, 0.25) is 0 Å². The minimum absolute atomic E-state index is 0.0155. The van der Waals surface area contributed by atoms with Gasteiger partial charge in [0, 0.05) is 20.3 Å². The maximum absolute atomic E-state index is 12.2. The standard InChI is InChI=1S/C18H19N3O2/c1-20(12-16-9-10-21(2)19-16)18(22)13-23-17-8-7-14-5-3-4-6-15(14)11-17/h3-11H,12-13H2,1-2H3. The van der Waals surface area contributed by atoms with Crippen molar-refractivity contribution in [3.63, 3.8) is 0 Å². The van der Waals surface area contributed by atoms with Gasteiger partial charge in [-0.05, 0) is 29.0 Å². The van der Waals surface area contributed by atoms with Crippen LogP contribution in [0.25, 0.3) is 10.8 Å². The van der Waals surface area contributed by atoms with Gasteiger partial charge < -0.3 is 9.64 Å². The molecule has 0 spiro atoms. The molecule has 23 heavy (non-hydrogen) atoms. The van der Waals surface area contributed by atoms with E-state index < -0.39 is 0 Å². The number of carbonyl (C=O) groups is 1. The zero-order valence-corrected chi connectivity index (χ0v) is 13.3. The predicted molar refractivity (Wildman–Crippen MR) is 89.1 cm³/mol. The number of hydrogen-bond acceptors (Lipinski definition) is 3. The number of hydrogen-bond donors (Lipinski definition) is 0. The van der Waals surface area contributed by atoms with Crippen LogP contribution in [0.3, 0.4) is 0 Å². The molecule has 5 heteroatoms. The Morgan fingerprint density at radius 2 is 1.96 bits per heavy atom. The molecule has 0 N–H and O–H groups in total. The van der Waals surface area contributed by atoms with Gasteiger partial charge in [-0.15, -0.1) is 0 Å². The summed E-state index contributed by atoms with van der Waals surface area (Å²) in [5.74, 6) is 0.618. The SMILES string of the molecule is CN(Cc1ccn(C)n1)C(=O)COc1ccc2ccccc2c1. The Hall–Kier alpha value is -2.82. The van der Waals surface area contributed by atoms with E-state index in [1.165, 1.54) is 0 Å². The molecule has 0 aliphatic heterocycles. The fourth-order valence-corrected chi connectivity index (χ4v) is 2.39. The molecule has 2 aromatic carbocycles. The van der Waals surface area contributed by atoms with Gasteiger partial charge in [0.1, 0.15) is 5.75 Å². The highest BCUT2D eigenvalue weighted by Gasteiger charge is 2.11. The molecule has 0 aliphatic carbocycles. The van der Waals surface area contributed by atoms with E-state index in [0.717, 1.165) is 16.5 Å². The van der Waals surface area contributed by atoms with E-state index in [4.69, 9.17) is 4.74 Å². The van der Waals surface area contributed by atoms with Crippen LogP contribution in [-0.4, -0.2) is 34.2 Å². The summed E-state index contributed by atoms with van der Waals surface area (Å²) in [7, 11) is 3.61. The second-order valence-electron chi connectivity index (χ2n) is 5.53. The van der Waals surface area contributed by atoms with Gasteiger partial charge in [0.2, 0.25) is 0 Å². The van der Waals surface area contributed by atoms with Crippen molar-refractivity contribution < 1.29 is 9.53 Å². The molecule has 0 saturated carbocycles. The van der Waals surface area contributed by atoms with Crippen molar-refractivity contribution in [2.75, 3.05) is 13.7 Å². The van der Waals surface area contributed by atoms with Gasteiger partial charge >= 0.3 is 0 Å². The summed E-state index contributed by atoms with van der Waals surface area (Å²) in [6.07, 6.45) is 1.86. The minimum atomic E-state index is -0.0798. The molecule has 1 aromatic heterocycles. The number of likely N-dealkylation sites (N-methyl/N-ethyl adjacent to an activating group) is 1. The first kappa shape index (κ1) is 15.1. The summed E-state index contributed by atoms with van der Waals surface area (Å²) >= 11 is 0. The zero-order chi connectivity index (χ0) is 16.2. The molecule has 0 aliphatic rings. The van der Waals surface area contributed by atoms with Crippen LogP contribution in [0, 0.1) is 0 Å². The van der Waals surface area contributed by atoms with Crippen LogP contribution < -0.4 is 4.74 Å². The molecule has 118 valence electrons. The smallest absolute Gasteiger partial charge is 0.260 e. The monoisotopic (exact) mass is 309 g/mol. The van der Waals surface area contributed by atoms with E-state index in [2.05, 4.69) is 5.10 Å². The van der Waals surface area contributed by atoms with Crippen LogP contribution in [0.15, 0.2) is 54.7 Å². The van der Waals surface area contributed by atoms with Crippen molar-refractivity contribution in [1.29, 1.82) is 0 Å². The van der Waals surface area contributed by atoms with Crippen molar-refractivity contribution in [2.45, 2.75) is 6.54 Å².